The van der Waals surface area contributed by atoms with Crippen molar-refractivity contribution >= 4 is 12.0 Å². The molecule has 0 aromatic heterocycles. The van der Waals surface area contributed by atoms with E-state index in [1.54, 1.807) is 23.1 Å². The van der Waals surface area contributed by atoms with Gasteiger partial charge in [-0.3, -0.25) is 4.79 Å². The molecule has 0 bridgehead atoms. The number of ether oxygens (including phenoxy) is 2. The fourth-order valence-corrected chi connectivity index (χ4v) is 3.27. The van der Waals surface area contributed by atoms with E-state index in [4.69, 9.17) is 9.47 Å². The summed E-state index contributed by atoms with van der Waals surface area (Å²) in [4.78, 5) is 14.2. The standard InChI is InChI=1S/C23H26FNO3/c1-16-4-5-17(2)22(14-16)28-19-10-12-25(13-11-19)23(26)9-7-18-6-8-21(27-3)20(24)15-18/h4-9,14-15,19H,10-13H2,1-3H3/b9-7+. The predicted molar refractivity (Wildman–Crippen MR) is 108 cm³/mol. The number of carbonyl (C=O) groups is 1. The summed E-state index contributed by atoms with van der Waals surface area (Å²) in [5, 5.41) is 0. The average Bonchev–Trinajstić information content (AvgIpc) is 2.69. The molecule has 0 N–H and O–H groups in total. The van der Waals surface area contributed by atoms with Crippen molar-refractivity contribution in [3.05, 3.63) is 65.0 Å². The van der Waals surface area contributed by atoms with E-state index in [0.29, 0.717) is 18.7 Å². The number of hydrogen-bond acceptors (Lipinski definition) is 3. The number of halogens is 1. The van der Waals surface area contributed by atoms with Crippen LogP contribution in [-0.2, 0) is 4.79 Å². The SMILES string of the molecule is COc1ccc(/C=C/C(=O)N2CCC(Oc3cc(C)ccc3C)CC2)cc1F. The molecule has 4 nitrogen and oxygen atoms in total. The molecule has 28 heavy (non-hydrogen) atoms. The number of nitrogens with zero attached hydrogens (tertiary/aromatic N) is 1. The normalized spacial score (nSPS) is 15.1. The fraction of sp³-hybridized carbons (Fsp3) is 0.348. The lowest BCUT2D eigenvalue weighted by molar-refractivity contribution is -0.127. The van der Waals surface area contributed by atoms with Crippen molar-refractivity contribution in [2.75, 3.05) is 20.2 Å². The van der Waals surface area contributed by atoms with E-state index in [1.165, 1.54) is 24.8 Å². The summed E-state index contributed by atoms with van der Waals surface area (Å²) in [5.41, 5.74) is 2.92. The molecule has 3 rings (SSSR count). The molecule has 1 saturated heterocycles. The number of aryl methyl sites for hydroxylation is 2. The molecule has 0 saturated carbocycles. The third-order valence-electron chi connectivity index (χ3n) is 4.99. The number of hydrogen-bond donors (Lipinski definition) is 0. The van der Waals surface area contributed by atoms with Gasteiger partial charge in [0.15, 0.2) is 11.6 Å². The van der Waals surface area contributed by atoms with Gasteiger partial charge in [0.25, 0.3) is 0 Å². The van der Waals surface area contributed by atoms with Gasteiger partial charge in [0, 0.05) is 32.0 Å². The van der Waals surface area contributed by atoms with Gasteiger partial charge in [-0.1, -0.05) is 18.2 Å². The second-order valence-corrected chi connectivity index (χ2v) is 7.14. The van der Waals surface area contributed by atoms with E-state index < -0.39 is 5.82 Å². The molecular weight excluding hydrogens is 357 g/mol. The van der Waals surface area contributed by atoms with E-state index in [1.807, 2.05) is 6.92 Å². The van der Waals surface area contributed by atoms with Crippen LogP contribution in [0.5, 0.6) is 11.5 Å². The molecule has 2 aromatic rings. The van der Waals surface area contributed by atoms with Crippen LogP contribution >= 0.6 is 0 Å². The van der Waals surface area contributed by atoms with Gasteiger partial charge in [0.1, 0.15) is 11.9 Å². The first-order valence-corrected chi connectivity index (χ1v) is 9.50. The summed E-state index contributed by atoms with van der Waals surface area (Å²) in [6.07, 6.45) is 4.83. The Bertz CT molecular complexity index is 870. The third kappa shape index (κ3) is 4.91. The van der Waals surface area contributed by atoms with Crippen LogP contribution in [0, 0.1) is 19.7 Å². The first kappa shape index (κ1) is 19.9. The Morgan fingerprint density at radius 1 is 1.11 bits per heavy atom. The molecule has 0 atom stereocenters. The number of methoxy groups -OCH3 is 1. The number of benzene rings is 2. The zero-order valence-electron chi connectivity index (χ0n) is 16.6. The molecule has 2 aromatic carbocycles. The highest BCUT2D eigenvalue weighted by molar-refractivity contribution is 5.91. The van der Waals surface area contributed by atoms with Crippen molar-refractivity contribution in [1.82, 2.24) is 4.90 Å². The number of carbonyl (C=O) groups excluding carboxylic acids is 1. The molecule has 1 heterocycles. The molecule has 1 aliphatic heterocycles. The number of likely N-dealkylation sites (tertiary alicyclic amines) is 1. The number of rotatable bonds is 5. The van der Waals surface area contributed by atoms with E-state index in [0.717, 1.165) is 24.2 Å². The first-order chi connectivity index (χ1) is 13.5. The van der Waals surface area contributed by atoms with Crippen molar-refractivity contribution in [1.29, 1.82) is 0 Å². The van der Waals surface area contributed by atoms with E-state index in [2.05, 4.69) is 25.1 Å². The van der Waals surface area contributed by atoms with Gasteiger partial charge in [0.05, 0.1) is 7.11 Å². The Balaban J connectivity index is 1.53. The minimum absolute atomic E-state index is 0.0681. The topological polar surface area (TPSA) is 38.8 Å². The smallest absolute Gasteiger partial charge is 0.246 e. The fourth-order valence-electron chi connectivity index (χ4n) is 3.27. The largest absolute Gasteiger partial charge is 0.494 e. The zero-order valence-corrected chi connectivity index (χ0v) is 16.6. The highest BCUT2D eigenvalue weighted by atomic mass is 19.1. The second-order valence-electron chi connectivity index (χ2n) is 7.14. The van der Waals surface area contributed by atoms with E-state index in [9.17, 15) is 9.18 Å². The lowest BCUT2D eigenvalue weighted by atomic mass is 10.1. The maximum atomic E-state index is 13.7. The summed E-state index contributed by atoms with van der Waals surface area (Å²) in [5.74, 6) is 0.600. The van der Waals surface area contributed by atoms with Crippen LogP contribution < -0.4 is 9.47 Å². The molecular formula is C23H26FNO3. The number of amides is 1. The molecule has 148 valence electrons. The van der Waals surface area contributed by atoms with Gasteiger partial charge in [-0.15, -0.1) is 0 Å². The maximum absolute atomic E-state index is 13.7. The van der Waals surface area contributed by atoms with Crippen LogP contribution in [-0.4, -0.2) is 37.1 Å². The average molecular weight is 383 g/mol. The predicted octanol–water partition coefficient (Wildman–Crippen LogP) is 4.53. The molecule has 1 amide bonds. The highest BCUT2D eigenvalue weighted by Crippen LogP contribution is 2.24. The molecule has 1 fully saturated rings. The zero-order chi connectivity index (χ0) is 20.1. The van der Waals surface area contributed by atoms with Gasteiger partial charge < -0.3 is 14.4 Å². The van der Waals surface area contributed by atoms with Crippen molar-refractivity contribution in [2.24, 2.45) is 0 Å². The lowest BCUT2D eigenvalue weighted by Crippen LogP contribution is -2.41. The molecule has 0 radical (unpaired) electrons. The molecule has 0 aliphatic carbocycles. The highest BCUT2D eigenvalue weighted by Gasteiger charge is 2.23. The van der Waals surface area contributed by atoms with Crippen molar-refractivity contribution in [2.45, 2.75) is 32.8 Å². The number of piperidine rings is 1. The van der Waals surface area contributed by atoms with E-state index in [-0.39, 0.29) is 17.8 Å². The molecule has 1 aliphatic rings. The molecule has 0 unspecified atom stereocenters. The van der Waals surface area contributed by atoms with Gasteiger partial charge in [-0.2, -0.15) is 0 Å². The minimum Gasteiger partial charge on any atom is -0.494 e. The lowest BCUT2D eigenvalue weighted by Gasteiger charge is -2.32. The van der Waals surface area contributed by atoms with Crippen LogP contribution in [0.25, 0.3) is 6.08 Å². The second kappa shape index (κ2) is 8.91. The van der Waals surface area contributed by atoms with Crippen LogP contribution in [0.1, 0.15) is 29.5 Å². The third-order valence-corrected chi connectivity index (χ3v) is 4.99. The Morgan fingerprint density at radius 3 is 2.54 bits per heavy atom. The summed E-state index contributed by atoms with van der Waals surface area (Å²) >= 11 is 0. The van der Waals surface area contributed by atoms with Crippen molar-refractivity contribution < 1.29 is 18.7 Å². The van der Waals surface area contributed by atoms with Crippen molar-refractivity contribution in [3.8, 4) is 11.5 Å². The molecule has 5 heteroatoms. The Hall–Kier alpha value is -2.82. The van der Waals surface area contributed by atoms with Crippen LogP contribution in [0.4, 0.5) is 4.39 Å². The van der Waals surface area contributed by atoms with Crippen LogP contribution in [0.3, 0.4) is 0 Å². The van der Waals surface area contributed by atoms with Gasteiger partial charge in [-0.25, -0.2) is 4.39 Å². The minimum atomic E-state index is -0.443. The van der Waals surface area contributed by atoms with Gasteiger partial charge >= 0.3 is 0 Å². The summed E-state index contributed by atoms with van der Waals surface area (Å²) < 4.78 is 24.8. The van der Waals surface area contributed by atoms with Crippen molar-refractivity contribution in [3.63, 3.8) is 0 Å². The Labute approximate surface area is 165 Å². The summed E-state index contributed by atoms with van der Waals surface area (Å²) in [6.45, 7) is 5.39. The van der Waals surface area contributed by atoms with Crippen LogP contribution in [0.2, 0.25) is 0 Å². The monoisotopic (exact) mass is 383 g/mol. The quantitative estimate of drug-likeness (QED) is 0.712. The van der Waals surface area contributed by atoms with E-state index >= 15 is 0 Å². The Kier molecular flexibility index (Phi) is 6.34. The Morgan fingerprint density at radius 2 is 1.86 bits per heavy atom. The molecule has 0 spiro atoms. The maximum Gasteiger partial charge on any atom is 0.246 e. The first-order valence-electron chi connectivity index (χ1n) is 9.50. The van der Waals surface area contributed by atoms with Gasteiger partial charge in [-0.05, 0) is 54.8 Å². The summed E-state index contributed by atoms with van der Waals surface area (Å²) in [7, 11) is 1.42. The summed E-state index contributed by atoms with van der Waals surface area (Å²) in [6, 6.07) is 10.8. The van der Waals surface area contributed by atoms with Gasteiger partial charge in [0.2, 0.25) is 5.91 Å². The van der Waals surface area contributed by atoms with Crippen LogP contribution in [0.15, 0.2) is 42.5 Å².